The van der Waals surface area contributed by atoms with Gasteiger partial charge in [-0.25, -0.2) is 0 Å². The van der Waals surface area contributed by atoms with E-state index < -0.39 is 0 Å². The summed E-state index contributed by atoms with van der Waals surface area (Å²) in [5, 5.41) is 7.16. The molecule has 0 saturated carbocycles. The Bertz CT molecular complexity index is 951. The van der Waals surface area contributed by atoms with Crippen LogP contribution >= 0.6 is 0 Å². The number of benzene rings is 2. The molecular formula is C21H20N4O2. The average molecular weight is 360 g/mol. The fourth-order valence-corrected chi connectivity index (χ4v) is 3.17. The van der Waals surface area contributed by atoms with Gasteiger partial charge in [0, 0.05) is 25.7 Å². The molecule has 136 valence electrons. The van der Waals surface area contributed by atoms with Crippen molar-refractivity contribution in [2.24, 2.45) is 0 Å². The highest BCUT2D eigenvalue weighted by Gasteiger charge is 2.27. The van der Waals surface area contributed by atoms with Crippen LogP contribution in [0.25, 0.3) is 0 Å². The number of hydrogen-bond acceptors (Lipinski definition) is 3. The lowest BCUT2D eigenvalue weighted by atomic mass is 10.2. The third-order valence-corrected chi connectivity index (χ3v) is 4.61. The molecule has 0 atom stereocenters. The van der Waals surface area contributed by atoms with Crippen LogP contribution < -0.4 is 5.32 Å². The maximum absolute atomic E-state index is 12.8. The number of aromatic nitrogens is 2. The fraction of sp³-hybridized carbons (Fsp3) is 0.190. The number of hydrogen-bond donors (Lipinski definition) is 1. The highest BCUT2D eigenvalue weighted by Crippen LogP contribution is 2.16. The van der Waals surface area contributed by atoms with Gasteiger partial charge in [-0.2, -0.15) is 5.10 Å². The number of rotatable bonds is 5. The molecule has 1 aliphatic rings. The second-order valence-electron chi connectivity index (χ2n) is 6.52. The summed E-state index contributed by atoms with van der Waals surface area (Å²) in [6.07, 6.45) is 0. The maximum Gasteiger partial charge on any atom is 0.272 e. The van der Waals surface area contributed by atoms with Crippen molar-refractivity contribution >= 4 is 11.8 Å². The lowest BCUT2D eigenvalue weighted by molar-refractivity contribution is 0.0683. The van der Waals surface area contributed by atoms with Crippen LogP contribution in [0.4, 0.5) is 0 Å². The first-order valence-electron chi connectivity index (χ1n) is 8.94. The molecule has 0 radical (unpaired) electrons. The first kappa shape index (κ1) is 17.0. The summed E-state index contributed by atoms with van der Waals surface area (Å²) in [7, 11) is 0. The van der Waals surface area contributed by atoms with Gasteiger partial charge in [0.15, 0.2) is 5.69 Å². The van der Waals surface area contributed by atoms with Gasteiger partial charge in [0.25, 0.3) is 11.8 Å². The fourth-order valence-electron chi connectivity index (χ4n) is 3.17. The van der Waals surface area contributed by atoms with E-state index >= 15 is 0 Å². The minimum Gasteiger partial charge on any atom is -0.347 e. The van der Waals surface area contributed by atoms with E-state index in [0.29, 0.717) is 31.9 Å². The lowest BCUT2D eigenvalue weighted by Crippen LogP contribution is -2.39. The highest BCUT2D eigenvalue weighted by atomic mass is 16.2. The van der Waals surface area contributed by atoms with Crippen LogP contribution in [0.15, 0.2) is 66.7 Å². The molecule has 2 aromatic carbocycles. The normalized spacial score (nSPS) is 13.3. The van der Waals surface area contributed by atoms with Crippen LogP contribution in [0.2, 0.25) is 0 Å². The highest BCUT2D eigenvalue weighted by molar-refractivity contribution is 5.98. The summed E-state index contributed by atoms with van der Waals surface area (Å²) in [5.41, 5.74) is 2.83. The first-order valence-corrected chi connectivity index (χ1v) is 8.94. The summed E-state index contributed by atoms with van der Waals surface area (Å²) >= 11 is 0. The Hall–Kier alpha value is -3.41. The standard InChI is InChI=1S/C21H20N4O2/c26-20(22-14-16-7-3-1-4-8-16)18-13-19-21(27)24(11-12-25(19)23-18)15-17-9-5-2-6-10-17/h1-10,13H,11-12,14-15H2,(H,22,26). The minimum atomic E-state index is -0.275. The van der Waals surface area contributed by atoms with E-state index in [4.69, 9.17) is 0 Å². The largest absolute Gasteiger partial charge is 0.347 e. The molecule has 0 saturated heterocycles. The lowest BCUT2D eigenvalue weighted by Gasteiger charge is -2.27. The van der Waals surface area contributed by atoms with E-state index in [2.05, 4.69) is 10.4 Å². The Labute approximate surface area is 157 Å². The van der Waals surface area contributed by atoms with Crippen molar-refractivity contribution in [1.82, 2.24) is 20.0 Å². The van der Waals surface area contributed by atoms with E-state index in [1.165, 1.54) is 0 Å². The molecule has 1 aliphatic heterocycles. The van der Waals surface area contributed by atoms with Gasteiger partial charge in [0.1, 0.15) is 5.69 Å². The van der Waals surface area contributed by atoms with Gasteiger partial charge in [0.05, 0.1) is 6.54 Å². The Morgan fingerprint density at radius 1 is 0.963 bits per heavy atom. The zero-order valence-corrected chi connectivity index (χ0v) is 14.8. The number of carbonyl (C=O) groups is 2. The van der Waals surface area contributed by atoms with Crippen molar-refractivity contribution < 1.29 is 9.59 Å². The van der Waals surface area contributed by atoms with Crippen molar-refractivity contribution in [3.8, 4) is 0 Å². The summed E-state index contributed by atoms with van der Waals surface area (Å²) in [6, 6.07) is 21.1. The van der Waals surface area contributed by atoms with Crippen molar-refractivity contribution in [3.63, 3.8) is 0 Å². The van der Waals surface area contributed by atoms with Crippen molar-refractivity contribution in [3.05, 3.63) is 89.2 Å². The third kappa shape index (κ3) is 3.74. The number of amides is 2. The molecule has 0 unspecified atom stereocenters. The Kier molecular flexibility index (Phi) is 4.70. The van der Waals surface area contributed by atoms with Crippen LogP contribution in [0.1, 0.15) is 32.1 Å². The third-order valence-electron chi connectivity index (χ3n) is 4.61. The first-order chi connectivity index (χ1) is 13.2. The van der Waals surface area contributed by atoms with Crippen molar-refractivity contribution in [2.45, 2.75) is 19.6 Å². The van der Waals surface area contributed by atoms with Gasteiger partial charge in [0.2, 0.25) is 0 Å². The maximum atomic E-state index is 12.8. The van der Waals surface area contributed by atoms with Gasteiger partial charge in [-0.15, -0.1) is 0 Å². The monoisotopic (exact) mass is 360 g/mol. The number of nitrogens with one attached hydrogen (secondary N) is 1. The Morgan fingerprint density at radius 2 is 1.63 bits per heavy atom. The van der Waals surface area contributed by atoms with Crippen molar-refractivity contribution in [2.75, 3.05) is 6.54 Å². The summed E-state index contributed by atoms with van der Waals surface area (Å²) in [5.74, 6) is -0.372. The molecular weight excluding hydrogens is 340 g/mol. The van der Waals surface area contributed by atoms with E-state index in [0.717, 1.165) is 11.1 Å². The van der Waals surface area contributed by atoms with Crippen LogP contribution in [0, 0.1) is 0 Å². The second-order valence-corrected chi connectivity index (χ2v) is 6.52. The Morgan fingerprint density at radius 3 is 2.33 bits per heavy atom. The molecule has 2 amide bonds. The zero-order chi connectivity index (χ0) is 18.6. The molecule has 27 heavy (non-hydrogen) atoms. The van der Waals surface area contributed by atoms with Gasteiger partial charge in [-0.3, -0.25) is 14.3 Å². The number of fused-ring (bicyclic) bond motifs is 1. The SMILES string of the molecule is O=C(NCc1ccccc1)c1cc2n(n1)CCN(Cc1ccccc1)C2=O. The van der Waals surface area contributed by atoms with Crippen LogP contribution in [0.3, 0.4) is 0 Å². The molecule has 0 fully saturated rings. The smallest absolute Gasteiger partial charge is 0.272 e. The second kappa shape index (κ2) is 7.45. The molecule has 1 aromatic heterocycles. The number of carbonyl (C=O) groups excluding carboxylic acids is 2. The quantitative estimate of drug-likeness (QED) is 0.760. The minimum absolute atomic E-state index is 0.0975. The van der Waals surface area contributed by atoms with Crippen LogP contribution in [-0.2, 0) is 19.6 Å². The van der Waals surface area contributed by atoms with Gasteiger partial charge in [-0.1, -0.05) is 60.7 Å². The molecule has 2 heterocycles. The molecule has 0 spiro atoms. The molecule has 6 heteroatoms. The van der Waals surface area contributed by atoms with E-state index in [1.54, 1.807) is 15.6 Å². The van der Waals surface area contributed by atoms with Crippen LogP contribution in [-0.4, -0.2) is 33.0 Å². The van der Waals surface area contributed by atoms with E-state index in [-0.39, 0.29) is 17.5 Å². The van der Waals surface area contributed by atoms with Gasteiger partial charge in [-0.05, 0) is 11.1 Å². The summed E-state index contributed by atoms with van der Waals surface area (Å²) in [6.45, 7) is 2.14. The predicted octanol–water partition coefficient (Wildman–Crippen LogP) is 2.47. The molecule has 4 rings (SSSR count). The zero-order valence-electron chi connectivity index (χ0n) is 14.8. The van der Waals surface area contributed by atoms with E-state index in [9.17, 15) is 9.59 Å². The molecule has 0 aliphatic carbocycles. The molecule has 1 N–H and O–H groups in total. The van der Waals surface area contributed by atoms with Gasteiger partial charge < -0.3 is 10.2 Å². The predicted molar refractivity (Wildman–Crippen MR) is 101 cm³/mol. The molecule has 6 nitrogen and oxygen atoms in total. The molecule has 3 aromatic rings. The number of nitrogens with zero attached hydrogens (tertiary/aromatic N) is 3. The van der Waals surface area contributed by atoms with E-state index in [1.807, 2.05) is 60.7 Å². The molecule has 0 bridgehead atoms. The summed E-state index contributed by atoms with van der Waals surface area (Å²) < 4.78 is 1.63. The van der Waals surface area contributed by atoms with Crippen molar-refractivity contribution in [1.29, 1.82) is 0 Å². The topological polar surface area (TPSA) is 67.2 Å². The average Bonchev–Trinajstić information content (AvgIpc) is 3.15. The Balaban J connectivity index is 1.44. The summed E-state index contributed by atoms with van der Waals surface area (Å²) in [4.78, 5) is 27.0. The van der Waals surface area contributed by atoms with Crippen LogP contribution in [0.5, 0.6) is 0 Å². The van der Waals surface area contributed by atoms with Gasteiger partial charge >= 0.3 is 0 Å².